The summed E-state index contributed by atoms with van der Waals surface area (Å²) in [6.45, 7) is 9.62. The van der Waals surface area contributed by atoms with Gasteiger partial charge in [0.2, 0.25) is 5.76 Å². The van der Waals surface area contributed by atoms with Gasteiger partial charge in [0.1, 0.15) is 11.2 Å². The number of hydrogen-bond acceptors (Lipinski definition) is 6. The van der Waals surface area contributed by atoms with Gasteiger partial charge in [0.15, 0.2) is 11.9 Å². The summed E-state index contributed by atoms with van der Waals surface area (Å²) in [5, 5.41) is 35.2. The van der Waals surface area contributed by atoms with E-state index in [2.05, 4.69) is 27.7 Å². The molecule has 60 heavy (non-hydrogen) atoms. The first-order valence-corrected chi connectivity index (χ1v) is 27.0. The quantitative estimate of drug-likeness (QED) is 0.0417. The summed E-state index contributed by atoms with van der Waals surface area (Å²) in [5.41, 5.74) is -2.64. The molecule has 0 aliphatic carbocycles. The van der Waals surface area contributed by atoms with Gasteiger partial charge in [-0.1, -0.05) is 278 Å². The number of hydrogen-bond donors (Lipinski definition) is 3. The van der Waals surface area contributed by atoms with E-state index in [-0.39, 0.29) is 0 Å². The molecule has 0 saturated carbocycles. The fourth-order valence-electron chi connectivity index (χ4n) is 9.73. The maximum atomic E-state index is 13.3. The van der Waals surface area contributed by atoms with E-state index < -0.39 is 34.8 Å². The summed E-state index contributed by atoms with van der Waals surface area (Å²) < 4.78 is 12.9. The second-order valence-electron chi connectivity index (χ2n) is 19.3. The van der Waals surface area contributed by atoms with Gasteiger partial charge in [-0.25, -0.2) is 4.79 Å². The highest BCUT2D eigenvalue weighted by molar-refractivity contribution is 5.89. The minimum absolute atomic E-state index is 0.367. The molecule has 1 rings (SSSR count). The summed E-state index contributed by atoms with van der Waals surface area (Å²) in [6, 6.07) is 0. The SMILES string of the molecule is CCCCCCCCCCCCOC(CCCCCCCCCCCC)(CCCCCCCCCCCC)[C@@](O)(CCCCCCCCCCCC)[C@H]1OC(=O)C(O)=C1O. The van der Waals surface area contributed by atoms with Crippen molar-refractivity contribution in [3.05, 3.63) is 11.5 Å². The molecule has 0 aromatic carbocycles. The van der Waals surface area contributed by atoms with E-state index >= 15 is 0 Å². The van der Waals surface area contributed by atoms with Gasteiger partial charge in [0.25, 0.3) is 0 Å². The van der Waals surface area contributed by atoms with Crippen LogP contribution in [0.2, 0.25) is 0 Å². The molecular weight excluding hydrogens is 745 g/mol. The highest BCUT2D eigenvalue weighted by Crippen LogP contribution is 2.47. The van der Waals surface area contributed by atoms with E-state index in [0.717, 1.165) is 57.8 Å². The number of unbranched alkanes of at least 4 members (excludes halogenated alkanes) is 36. The molecule has 1 heterocycles. The predicted molar refractivity (Wildman–Crippen MR) is 257 cm³/mol. The Bertz CT molecular complexity index is 971. The molecule has 3 N–H and O–H groups in total. The van der Waals surface area contributed by atoms with Crippen LogP contribution in [0.1, 0.15) is 304 Å². The van der Waals surface area contributed by atoms with Crippen LogP contribution < -0.4 is 0 Å². The molecule has 1 aliphatic rings. The largest absolute Gasteiger partial charge is 0.505 e. The van der Waals surface area contributed by atoms with Crippen LogP contribution in [0.5, 0.6) is 0 Å². The molecule has 0 aromatic rings. The molecule has 0 amide bonds. The molecule has 2 atom stereocenters. The first kappa shape index (κ1) is 56.7. The zero-order valence-electron chi connectivity index (χ0n) is 40.8. The molecule has 0 aromatic heterocycles. The smallest absolute Gasteiger partial charge is 0.378 e. The average molecular weight is 849 g/mol. The fraction of sp³-hybridized carbons (Fsp3) is 0.944. The van der Waals surface area contributed by atoms with Gasteiger partial charge in [-0.2, -0.15) is 0 Å². The number of esters is 1. The molecule has 356 valence electrons. The first-order valence-electron chi connectivity index (χ1n) is 27.0. The molecule has 0 fully saturated rings. The lowest BCUT2D eigenvalue weighted by molar-refractivity contribution is -0.236. The second-order valence-corrected chi connectivity index (χ2v) is 19.3. The summed E-state index contributed by atoms with van der Waals surface area (Å²) in [4.78, 5) is 12.8. The monoisotopic (exact) mass is 849 g/mol. The highest BCUT2D eigenvalue weighted by Gasteiger charge is 2.60. The Morgan fingerprint density at radius 1 is 0.417 bits per heavy atom. The first-order chi connectivity index (χ1) is 29.3. The van der Waals surface area contributed by atoms with E-state index in [1.165, 1.54) is 199 Å². The van der Waals surface area contributed by atoms with Crippen molar-refractivity contribution in [1.29, 1.82) is 0 Å². The van der Waals surface area contributed by atoms with E-state index in [4.69, 9.17) is 9.47 Å². The second kappa shape index (κ2) is 39.3. The molecule has 6 nitrogen and oxygen atoms in total. The van der Waals surface area contributed by atoms with E-state index in [1.54, 1.807) is 0 Å². The summed E-state index contributed by atoms with van der Waals surface area (Å²) in [5.74, 6) is -2.23. The van der Waals surface area contributed by atoms with Gasteiger partial charge in [-0.15, -0.1) is 0 Å². The highest BCUT2D eigenvalue weighted by atomic mass is 16.6. The number of carbonyl (C=O) groups is 1. The van der Waals surface area contributed by atoms with Crippen molar-refractivity contribution in [3.63, 3.8) is 0 Å². The van der Waals surface area contributed by atoms with E-state index in [1.807, 2.05) is 0 Å². The Balaban J connectivity index is 3.20. The molecule has 0 spiro atoms. The van der Waals surface area contributed by atoms with Gasteiger partial charge in [0.05, 0.1) is 0 Å². The normalized spacial score (nSPS) is 15.6. The Labute approximate surface area is 373 Å². The number of carbonyl (C=O) groups excluding carboxylic acids is 1. The van der Waals surface area contributed by atoms with Crippen LogP contribution >= 0.6 is 0 Å². The van der Waals surface area contributed by atoms with E-state index in [0.29, 0.717) is 25.9 Å². The molecule has 0 bridgehead atoms. The number of rotatable bonds is 47. The summed E-state index contributed by atoms with van der Waals surface area (Å²) in [7, 11) is 0. The molecule has 0 saturated heterocycles. The number of aliphatic hydroxyl groups excluding tert-OH is 2. The lowest BCUT2D eigenvalue weighted by atomic mass is 9.69. The van der Waals surface area contributed by atoms with Crippen LogP contribution in [0.4, 0.5) is 0 Å². The Morgan fingerprint density at radius 3 is 0.967 bits per heavy atom. The maximum Gasteiger partial charge on any atom is 0.378 e. The van der Waals surface area contributed by atoms with Crippen LogP contribution in [-0.2, 0) is 14.3 Å². The zero-order chi connectivity index (χ0) is 43.8. The van der Waals surface area contributed by atoms with Crippen LogP contribution in [0.15, 0.2) is 11.5 Å². The lowest BCUT2D eigenvalue weighted by Gasteiger charge is -2.50. The van der Waals surface area contributed by atoms with Crippen molar-refractivity contribution in [1.82, 2.24) is 0 Å². The summed E-state index contributed by atoms with van der Waals surface area (Å²) >= 11 is 0. The number of aliphatic hydroxyl groups is 3. The third kappa shape index (κ3) is 25.7. The number of ether oxygens (including phenoxy) is 2. The van der Waals surface area contributed by atoms with Gasteiger partial charge in [0, 0.05) is 6.61 Å². The molecule has 0 radical (unpaired) electrons. The van der Waals surface area contributed by atoms with Crippen molar-refractivity contribution in [2.24, 2.45) is 0 Å². The Hall–Kier alpha value is -1.27. The topological polar surface area (TPSA) is 96.2 Å². The zero-order valence-corrected chi connectivity index (χ0v) is 40.8. The van der Waals surface area contributed by atoms with Gasteiger partial charge < -0.3 is 24.8 Å². The molecular formula is C54H104O6. The standard InChI is InChI=1S/C54H104O6/c1-5-9-13-17-21-25-29-33-37-41-45-53(46-42-38-34-30-26-22-18-14-10-6-2,59-48-44-40-36-32-28-24-20-16-12-8-4)54(58,51-49(55)50(56)52(57)60-51)47-43-39-35-31-27-23-19-15-11-7-3/h51,55-56,58H,5-48H2,1-4H3/t51-,54+/m0/s1. The lowest BCUT2D eigenvalue weighted by Crippen LogP contribution is -2.63. The molecule has 1 aliphatic heterocycles. The van der Waals surface area contributed by atoms with E-state index in [9.17, 15) is 20.1 Å². The maximum absolute atomic E-state index is 13.3. The molecule has 6 heteroatoms. The van der Waals surface area contributed by atoms with Gasteiger partial charge in [-0.05, 0) is 25.7 Å². The minimum atomic E-state index is -1.64. The third-order valence-corrected chi connectivity index (χ3v) is 13.8. The summed E-state index contributed by atoms with van der Waals surface area (Å²) in [6.07, 6.45) is 49.1. The van der Waals surface area contributed by atoms with Crippen molar-refractivity contribution >= 4 is 5.97 Å². The van der Waals surface area contributed by atoms with Crippen molar-refractivity contribution < 1.29 is 29.6 Å². The molecule has 0 unspecified atom stereocenters. The fourth-order valence-corrected chi connectivity index (χ4v) is 9.73. The Kier molecular flexibility index (Phi) is 37.2. The van der Waals surface area contributed by atoms with Gasteiger partial charge in [-0.3, -0.25) is 0 Å². The van der Waals surface area contributed by atoms with Crippen molar-refractivity contribution in [2.45, 2.75) is 321 Å². The average Bonchev–Trinajstić information content (AvgIpc) is 3.51. The number of cyclic esters (lactones) is 1. The van der Waals surface area contributed by atoms with Gasteiger partial charge >= 0.3 is 5.97 Å². The Morgan fingerprint density at radius 2 is 0.683 bits per heavy atom. The van der Waals surface area contributed by atoms with Crippen LogP contribution in [0, 0.1) is 0 Å². The van der Waals surface area contributed by atoms with Crippen LogP contribution in [0.3, 0.4) is 0 Å². The minimum Gasteiger partial charge on any atom is -0.505 e. The van der Waals surface area contributed by atoms with Crippen molar-refractivity contribution in [2.75, 3.05) is 6.61 Å². The van der Waals surface area contributed by atoms with Crippen LogP contribution in [-0.4, -0.2) is 45.2 Å². The van der Waals surface area contributed by atoms with Crippen molar-refractivity contribution in [3.8, 4) is 0 Å². The van der Waals surface area contributed by atoms with Crippen LogP contribution in [0.25, 0.3) is 0 Å². The third-order valence-electron chi connectivity index (χ3n) is 13.8. The predicted octanol–water partition coefficient (Wildman–Crippen LogP) is 17.6.